The molecule has 0 saturated heterocycles. The van der Waals surface area contributed by atoms with Gasteiger partial charge in [0.1, 0.15) is 5.82 Å². The molecule has 0 aromatic heterocycles. The minimum atomic E-state index is -0.104. The summed E-state index contributed by atoms with van der Waals surface area (Å²) in [5.41, 5.74) is 1.99. The van der Waals surface area contributed by atoms with Crippen LogP contribution in [0.15, 0.2) is 18.2 Å². The van der Waals surface area contributed by atoms with Gasteiger partial charge in [0.05, 0.1) is 0 Å². The molecule has 0 N–H and O–H groups in total. The zero-order valence-corrected chi connectivity index (χ0v) is 8.60. The average molecular weight is 180 g/mol. The van der Waals surface area contributed by atoms with Crippen LogP contribution in [0.3, 0.4) is 0 Å². The Hall–Kier alpha value is -0.850. The highest BCUT2D eigenvalue weighted by Gasteiger charge is 2.03. The Kier molecular flexibility index (Phi) is 3.47. The standard InChI is InChI=1S/C12H17F/c1-4-9(2)7-11-5-6-12(13)10(3)8-11/h5-6,8-9H,4,7H2,1-3H3. The second-order valence-electron chi connectivity index (χ2n) is 3.80. The minimum Gasteiger partial charge on any atom is -0.207 e. The fourth-order valence-corrected chi connectivity index (χ4v) is 1.38. The lowest BCUT2D eigenvalue weighted by molar-refractivity contribution is 0.558. The first-order chi connectivity index (χ1) is 6.13. The van der Waals surface area contributed by atoms with E-state index in [0.29, 0.717) is 5.92 Å². The molecular formula is C12H17F. The Morgan fingerprint density at radius 2 is 2.08 bits per heavy atom. The number of hydrogen-bond donors (Lipinski definition) is 0. The van der Waals surface area contributed by atoms with Crippen LogP contribution in [0.5, 0.6) is 0 Å². The van der Waals surface area contributed by atoms with Crippen molar-refractivity contribution in [2.45, 2.75) is 33.6 Å². The molecule has 1 unspecified atom stereocenters. The molecule has 1 aromatic rings. The van der Waals surface area contributed by atoms with Gasteiger partial charge in [-0.2, -0.15) is 0 Å². The molecule has 0 amide bonds. The Balaban J connectivity index is 2.73. The van der Waals surface area contributed by atoms with Crippen molar-refractivity contribution < 1.29 is 4.39 Å². The van der Waals surface area contributed by atoms with Gasteiger partial charge < -0.3 is 0 Å². The van der Waals surface area contributed by atoms with E-state index in [1.165, 1.54) is 12.0 Å². The lowest BCUT2D eigenvalue weighted by Crippen LogP contribution is -1.98. The molecule has 0 aliphatic heterocycles. The average Bonchev–Trinajstić information content (AvgIpc) is 2.11. The second-order valence-corrected chi connectivity index (χ2v) is 3.80. The molecule has 0 heterocycles. The molecule has 1 rings (SSSR count). The summed E-state index contributed by atoms with van der Waals surface area (Å²) in [6.45, 7) is 6.22. The van der Waals surface area contributed by atoms with Crippen molar-refractivity contribution in [1.29, 1.82) is 0 Å². The first kappa shape index (κ1) is 10.2. The topological polar surface area (TPSA) is 0 Å². The van der Waals surface area contributed by atoms with Crippen LogP contribution in [0.4, 0.5) is 4.39 Å². The Bertz CT molecular complexity index is 278. The first-order valence-corrected chi connectivity index (χ1v) is 4.88. The van der Waals surface area contributed by atoms with Crippen molar-refractivity contribution in [3.63, 3.8) is 0 Å². The van der Waals surface area contributed by atoms with Crippen LogP contribution in [-0.4, -0.2) is 0 Å². The van der Waals surface area contributed by atoms with Gasteiger partial charge in [0.25, 0.3) is 0 Å². The summed E-state index contributed by atoms with van der Waals surface area (Å²) in [4.78, 5) is 0. The maximum atomic E-state index is 12.9. The van der Waals surface area contributed by atoms with E-state index in [2.05, 4.69) is 13.8 Å². The molecule has 0 bridgehead atoms. The highest BCUT2D eigenvalue weighted by Crippen LogP contribution is 2.14. The number of rotatable bonds is 3. The van der Waals surface area contributed by atoms with E-state index in [4.69, 9.17) is 0 Å². The van der Waals surface area contributed by atoms with Crippen molar-refractivity contribution in [3.05, 3.63) is 35.1 Å². The molecule has 0 saturated carbocycles. The maximum absolute atomic E-state index is 12.9. The van der Waals surface area contributed by atoms with Gasteiger partial charge in [-0.1, -0.05) is 32.4 Å². The molecule has 0 fully saturated rings. The number of hydrogen-bond acceptors (Lipinski definition) is 0. The van der Waals surface area contributed by atoms with Gasteiger partial charge in [0.2, 0.25) is 0 Å². The van der Waals surface area contributed by atoms with Crippen molar-refractivity contribution in [1.82, 2.24) is 0 Å². The normalized spacial score (nSPS) is 12.9. The number of halogens is 1. The molecule has 0 spiro atoms. The van der Waals surface area contributed by atoms with Crippen LogP contribution in [0.25, 0.3) is 0 Å². The van der Waals surface area contributed by atoms with Crippen molar-refractivity contribution in [2.75, 3.05) is 0 Å². The summed E-state index contributed by atoms with van der Waals surface area (Å²) < 4.78 is 12.9. The molecule has 1 heteroatoms. The van der Waals surface area contributed by atoms with E-state index >= 15 is 0 Å². The van der Waals surface area contributed by atoms with Gasteiger partial charge in [-0.15, -0.1) is 0 Å². The molecule has 1 atom stereocenters. The summed E-state index contributed by atoms with van der Waals surface area (Å²) in [5, 5.41) is 0. The molecule has 72 valence electrons. The Morgan fingerprint density at radius 1 is 1.38 bits per heavy atom. The third-order valence-electron chi connectivity index (χ3n) is 2.50. The van der Waals surface area contributed by atoms with E-state index in [-0.39, 0.29) is 5.82 Å². The van der Waals surface area contributed by atoms with Crippen LogP contribution in [0.1, 0.15) is 31.4 Å². The molecule has 13 heavy (non-hydrogen) atoms. The summed E-state index contributed by atoms with van der Waals surface area (Å²) in [6.07, 6.45) is 2.23. The zero-order chi connectivity index (χ0) is 9.84. The van der Waals surface area contributed by atoms with Gasteiger partial charge in [0.15, 0.2) is 0 Å². The summed E-state index contributed by atoms with van der Waals surface area (Å²) >= 11 is 0. The second kappa shape index (κ2) is 4.40. The van der Waals surface area contributed by atoms with Crippen LogP contribution in [0.2, 0.25) is 0 Å². The van der Waals surface area contributed by atoms with Crippen LogP contribution < -0.4 is 0 Å². The molecule has 0 aliphatic carbocycles. The summed E-state index contributed by atoms with van der Waals surface area (Å²) in [5.74, 6) is 0.581. The van der Waals surface area contributed by atoms with E-state index in [1.54, 1.807) is 6.07 Å². The highest BCUT2D eigenvalue weighted by atomic mass is 19.1. The largest absolute Gasteiger partial charge is 0.207 e. The van der Waals surface area contributed by atoms with Crippen molar-refractivity contribution in [2.24, 2.45) is 5.92 Å². The smallest absolute Gasteiger partial charge is 0.126 e. The number of aryl methyl sites for hydroxylation is 1. The lowest BCUT2D eigenvalue weighted by atomic mass is 9.98. The summed E-state index contributed by atoms with van der Waals surface area (Å²) in [7, 11) is 0. The van der Waals surface area contributed by atoms with Crippen LogP contribution >= 0.6 is 0 Å². The molecule has 1 aromatic carbocycles. The predicted octanol–water partition coefficient (Wildman–Crippen LogP) is 3.72. The van der Waals surface area contributed by atoms with E-state index in [9.17, 15) is 4.39 Å². The van der Waals surface area contributed by atoms with Gasteiger partial charge in [-0.05, 0) is 36.5 Å². The van der Waals surface area contributed by atoms with E-state index < -0.39 is 0 Å². The fraction of sp³-hybridized carbons (Fsp3) is 0.500. The van der Waals surface area contributed by atoms with Gasteiger partial charge in [0, 0.05) is 0 Å². The monoisotopic (exact) mass is 180 g/mol. The van der Waals surface area contributed by atoms with Gasteiger partial charge in [-0.25, -0.2) is 4.39 Å². The predicted molar refractivity (Wildman–Crippen MR) is 54.3 cm³/mol. The molecule has 0 radical (unpaired) electrons. The third-order valence-corrected chi connectivity index (χ3v) is 2.50. The maximum Gasteiger partial charge on any atom is 0.126 e. The first-order valence-electron chi connectivity index (χ1n) is 4.88. The van der Waals surface area contributed by atoms with Crippen molar-refractivity contribution in [3.8, 4) is 0 Å². The Morgan fingerprint density at radius 3 is 2.62 bits per heavy atom. The third kappa shape index (κ3) is 2.83. The highest BCUT2D eigenvalue weighted by molar-refractivity contribution is 5.24. The SMILES string of the molecule is CCC(C)Cc1ccc(F)c(C)c1. The molecule has 0 nitrogen and oxygen atoms in total. The zero-order valence-electron chi connectivity index (χ0n) is 8.60. The summed E-state index contributed by atoms with van der Waals surface area (Å²) in [6, 6.07) is 5.39. The van der Waals surface area contributed by atoms with Gasteiger partial charge in [-0.3, -0.25) is 0 Å². The van der Waals surface area contributed by atoms with Crippen LogP contribution in [-0.2, 0) is 6.42 Å². The fourth-order valence-electron chi connectivity index (χ4n) is 1.38. The number of benzene rings is 1. The minimum absolute atomic E-state index is 0.104. The molecule has 0 aliphatic rings. The molecular weight excluding hydrogens is 163 g/mol. The Labute approximate surface area is 79.8 Å². The van der Waals surface area contributed by atoms with Crippen molar-refractivity contribution >= 4 is 0 Å². The quantitative estimate of drug-likeness (QED) is 0.665. The van der Waals surface area contributed by atoms with Crippen LogP contribution in [0, 0.1) is 18.7 Å². The van der Waals surface area contributed by atoms with E-state index in [0.717, 1.165) is 12.0 Å². The van der Waals surface area contributed by atoms with Gasteiger partial charge >= 0.3 is 0 Å². The lowest BCUT2D eigenvalue weighted by Gasteiger charge is -2.08. The van der Waals surface area contributed by atoms with E-state index in [1.807, 2.05) is 19.1 Å².